The molecule has 5 rings (SSSR count). The summed E-state index contributed by atoms with van der Waals surface area (Å²) in [5, 5.41) is 0. The summed E-state index contributed by atoms with van der Waals surface area (Å²) in [6, 6.07) is 0. The van der Waals surface area contributed by atoms with Crippen LogP contribution < -0.4 is 0 Å². The van der Waals surface area contributed by atoms with Crippen LogP contribution >= 0.6 is 0 Å². The maximum absolute atomic E-state index is 11.5. The minimum absolute atomic E-state index is 0.0766. The Hall–Kier alpha value is -0.870. The van der Waals surface area contributed by atoms with Crippen LogP contribution in [-0.2, 0) is 19.0 Å². The third-order valence-electron chi connectivity index (χ3n) is 9.71. The van der Waals surface area contributed by atoms with Crippen molar-refractivity contribution in [3.8, 4) is 0 Å². The molecule has 0 aromatic heterocycles. The second-order valence-corrected chi connectivity index (χ2v) is 10.7. The van der Waals surface area contributed by atoms with Gasteiger partial charge in [-0.25, -0.2) is 0 Å². The van der Waals surface area contributed by atoms with Gasteiger partial charge in [0.25, 0.3) is 0 Å². The van der Waals surface area contributed by atoms with E-state index in [9.17, 15) is 4.79 Å². The highest BCUT2D eigenvalue weighted by molar-refractivity contribution is 5.66. The number of carbonyl (C=O) groups is 1. The van der Waals surface area contributed by atoms with Crippen LogP contribution in [0.5, 0.6) is 0 Å². The molecule has 4 aliphatic carbocycles. The number of esters is 1. The third kappa shape index (κ3) is 2.46. The van der Waals surface area contributed by atoms with Crippen LogP contribution in [0.3, 0.4) is 0 Å². The van der Waals surface area contributed by atoms with Crippen molar-refractivity contribution in [2.45, 2.75) is 84.0 Å². The third-order valence-corrected chi connectivity index (χ3v) is 9.71. The fraction of sp³-hybridized carbons (Fsp3) is 0.875. The first-order valence-electron chi connectivity index (χ1n) is 11.4. The summed E-state index contributed by atoms with van der Waals surface area (Å²) in [5.41, 5.74) is 1.84. The molecule has 28 heavy (non-hydrogen) atoms. The van der Waals surface area contributed by atoms with Crippen molar-refractivity contribution in [3.63, 3.8) is 0 Å². The highest BCUT2D eigenvalue weighted by Gasteiger charge is 2.67. The molecule has 1 spiro atoms. The maximum atomic E-state index is 11.5. The van der Waals surface area contributed by atoms with Crippen molar-refractivity contribution in [3.05, 3.63) is 12.2 Å². The number of ether oxygens (including phenoxy) is 3. The molecule has 0 aromatic rings. The monoisotopic (exact) mass is 388 g/mol. The Morgan fingerprint density at radius 3 is 2.50 bits per heavy atom. The first kappa shape index (κ1) is 19.1. The Labute approximate surface area is 169 Å². The molecule has 5 fully saturated rings. The van der Waals surface area contributed by atoms with Crippen molar-refractivity contribution in [1.29, 1.82) is 0 Å². The van der Waals surface area contributed by atoms with Gasteiger partial charge in [-0.3, -0.25) is 4.79 Å². The molecule has 0 radical (unpaired) electrons. The molecule has 1 unspecified atom stereocenters. The molecular weight excluding hydrogens is 352 g/mol. The minimum atomic E-state index is -0.325. The molecular formula is C24H36O4. The van der Waals surface area contributed by atoms with Crippen molar-refractivity contribution in [2.24, 2.45) is 34.5 Å². The standard InChI is InChI=1S/C24H36O4/c1-15-13-18-19(22(3)8-5-17(14-21(15)22)28-16(2)25)6-9-23(4)20(18)7-10-24(23)26-11-12-27-24/h17-21H,1,5-14H2,2-4H3/t17-,18+,19-,20?,21+,22+,23-/m0/s1. The van der Waals surface area contributed by atoms with E-state index in [4.69, 9.17) is 14.2 Å². The second kappa shape index (κ2) is 6.31. The molecule has 0 amide bonds. The normalized spacial score (nSPS) is 49.4. The number of hydrogen-bond acceptors (Lipinski definition) is 4. The molecule has 5 aliphatic rings. The Morgan fingerprint density at radius 1 is 1.07 bits per heavy atom. The fourth-order valence-electron chi connectivity index (χ4n) is 8.44. The summed E-state index contributed by atoms with van der Waals surface area (Å²) < 4.78 is 18.1. The van der Waals surface area contributed by atoms with Crippen molar-refractivity contribution < 1.29 is 19.0 Å². The van der Waals surface area contributed by atoms with E-state index >= 15 is 0 Å². The number of carbonyl (C=O) groups excluding carboxylic acids is 1. The zero-order valence-electron chi connectivity index (χ0n) is 17.8. The quantitative estimate of drug-likeness (QED) is 0.475. The van der Waals surface area contributed by atoms with Gasteiger partial charge in [0.1, 0.15) is 6.10 Å². The van der Waals surface area contributed by atoms with E-state index in [0.717, 1.165) is 51.2 Å². The molecule has 1 aliphatic heterocycles. The van der Waals surface area contributed by atoms with Gasteiger partial charge in [0.15, 0.2) is 5.79 Å². The number of hydrogen-bond donors (Lipinski definition) is 0. The van der Waals surface area contributed by atoms with Crippen molar-refractivity contribution in [2.75, 3.05) is 13.2 Å². The average molecular weight is 389 g/mol. The van der Waals surface area contributed by atoms with Gasteiger partial charge in [-0.05, 0) is 74.0 Å². The van der Waals surface area contributed by atoms with Crippen LogP contribution in [0, 0.1) is 34.5 Å². The molecule has 1 heterocycles. The largest absolute Gasteiger partial charge is 0.463 e. The van der Waals surface area contributed by atoms with Gasteiger partial charge in [0.05, 0.1) is 13.2 Å². The van der Waals surface area contributed by atoms with Crippen LogP contribution in [0.25, 0.3) is 0 Å². The molecule has 156 valence electrons. The average Bonchev–Trinajstić information content (AvgIpc) is 3.23. The van der Waals surface area contributed by atoms with Gasteiger partial charge in [0, 0.05) is 18.8 Å². The Balaban J connectivity index is 1.42. The van der Waals surface area contributed by atoms with E-state index < -0.39 is 0 Å². The topological polar surface area (TPSA) is 44.8 Å². The zero-order chi connectivity index (χ0) is 19.7. The minimum Gasteiger partial charge on any atom is -0.463 e. The summed E-state index contributed by atoms with van der Waals surface area (Å²) in [7, 11) is 0. The molecule has 4 nitrogen and oxygen atoms in total. The molecule has 7 atom stereocenters. The van der Waals surface area contributed by atoms with E-state index in [2.05, 4.69) is 20.4 Å². The van der Waals surface area contributed by atoms with Crippen LogP contribution in [0.2, 0.25) is 0 Å². The maximum Gasteiger partial charge on any atom is 0.302 e. The predicted octanol–water partition coefficient (Wildman–Crippen LogP) is 4.87. The fourth-order valence-corrected chi connectivity index (χ4v) is 8.44. The lowest BCUT2D eigenvalue weighted by Crippen LogP contribution is -2.57. The van der Waals surface area contributed by atoms with Crippen molar-refractivity contribution >= 4 is 5.97 Å². The first-order chi connectivity index (χ1) is 13.3. The van der Waals surface area contributed by atoms with E-state index in [1.807, 2.05) is 0 Å². The lowest BCUT2D eigenvalue weighted by molar-refractivity contribution is -0.245. The van der Waals surface area contributed by atoms with Crippen LogP contribution in [0.4, 0.5) is 0 Å². The molecule has 0 aromatic carbocycles. The summed E-state index contributed by atoms with van der Waals surface area (Å²) in [4.78, 5) is 11.5. The molecule has 4 saturated carbocycles. The summed E-state index contributed by atoms with van der Waals surface area (Å²) >= 11 is 0. The smallest absolute Gasteiger partial charge is 0.302 e. The van der Waals surface area contributed by atoms with Gasteiger partial charge >= 0.3 is 5.97 Å². The van der Waals surface area contributed by atoms with Crippen LogP contribution in [0.15, 0.2) is 12.2 Å². The second-order valence-electron chi connectivity index (χ2n) is 10.7. The number of allylic oxidation sites excluding steroid dienone is 1. The molecule has 1 saturated heterocycles. The van der Waals surface area contributed by atoms with Crippen LogP contribution in [-0.4, -0.2) is 31.1 Å². The lowest BCUT2D eigenvalue weighted by Gasteiger charge is -2.62. The van der Waals surface area contributed by atoms with E-state index in [1.54, 1.807) is 0 Å². The summed E-state index contributed by atoms with van der Waals surface area (Å²) in [5.74, 6) is 2.14. The van der Waals surface area contributed by atoms with Gasteiger partial charge in [-0.1, -0.05) is 26.0 Å². The van der Waals surface area contributed by atoms with Gasteiger partial charge in [-0.15, -0.1) is 0 Å². The number of fused-ring (bicyclic) bond motifs is 6. The van der Waals surface area contributed by atoms with E-state index in [-0.39, 0.29) is 23.3 Å². The van der Waals surface area contributed by atoms with Gasteiger partial charge in [-0.2, -0.15) is 0 Å². The summed E-state index contributed by atoms with van der Waals surface area (Å²) in [6.07, 6.45) is 9.09. The highest BCUT2D eigenvalue weighted by atomic mass is 16.7. The predicted molar refractivity (Wildman–Crippen MR) is 106 cm³/mol. The highest BCUT2D eigenvalue weighted by Crippen LogP contribution is 2.70. The van der Waals surface area contributed by atoms with Crippen LogP contribution in [0.1, 0.15) is 72.1 Å². The van der Waals surface area contributed by atoms with E-state index in [0.29, 0.717) is 23.2 Å². The Kier molecular flexibility index (Phi) is 4.31. The number of rotatable bonds is 1. The SMILES string of the molecule is C=C1C[C@H]2C3CCC4(OCCO4)[C@@]3(C)CC[C@@H]2[C@@]2(C)CC[C@H](OC(C)=O)C[C@H]12. The van der Waals surface area contributed by atoms with Crippen molar-refractivity contribution in [1.82, 2.24) is 0 Å². The zero-order valence-corrected chi connectivity index (χ0v) is 17.8. The van der Waals surface area contributed by atoms with Gasteiger partial charge < -0.3 is 14.2 Å². The molecule has 0 bridgehead atoms. The van der Waals surface area contributed by atoms with E-state index in [1.165, 1.54) is 31.8 Å². The molecule has 0 N–H and O–H groups in total. The Morgan fingerprint density at radius 2 is 1.79 bits per heavy atom. The first-order valence-corrected chi connectivity index (χ1v) is 11.4. The van der Waals surface area contributed by atoms with Gasteiger partial charge in [0.2, 0.25) is 0 Å². The lowest BCUT2D eigenvalue weighted by atomic mass is 9.44. The molecule has 4 heteroatoms. The summed E-state index contributed by atoms with van der Waals surface area (Å²) in [6.45, 7) is 12.6. The Bertz CT molecular complexity index is 680.